The number of carbonyl (C=O) groups is 2. The van der Waals surface area contributed by atoms with Crippen LogP contribution in [-0.2, 0) is 4.79 Å². The molecule has 25 heavy (non-hydrogen) atoms. The Balaban J connectivity index is 1.60. The highest BCUT2D eigenvalue weighted by molar-refractivity contribution is 6.07. The SMILES string of the molecule is CN1CCC(=O)Nc2cc(C(=O)Nc3ccc4[nH]ncc4c3)ccc21. The Morgan fingerprint density at radius 1 is 1.24 bits per heavy atom. The van der Waals surface area contributed by atoms with Crippen molar-refractivity contribution in [1.82, 2.24) is 10.2 Å². The molecule has 4 rings (SSSR count). The summed E-state index contributed by atoms with van der Waals surface area (Å²) in [6.45, 7) is 0.648. The number of hydrogen-bond donors (Lipinski definition) is 3. The summed E-state index contributed by atoms with van der Waals surface area (Å²) in [4.78, 5) is 26.4. The van der Waals surface area contributed by atoms with E-state index in [4.69, 9.17) is 0 Å². The molecule has 0 atom stereocenters. The van der Waals surface area contributed by atoms with Gasteiger partial charge in [-0.1, -0.05) is 0 Å². The number of H-pyrrole nitrogens is 1. The first-order valence-corrected chi connectivity index (χ1v) is 8.00. The van der Waals surface area contributed by atoms with Crippen LogP contribution in [0.25, 0.3) is 10.9 Å². The Kier molecular flexibility index (Phi) is 3.61. The number of aromatic amines is 1. The van der Waals surface area contributed by atoms with Crippen LogP contribution < -0.4 is 15.5 Å². The molecule has 7 nitrogen and oxygen atoms in total. The molecule has 1 aliphatic heterocycles. The summed E-state index contributed by atoms with van der Waals surface area (Å²) in [5.41, 5.74) is 3.65. The summed E-state index contributed by atoms with van der Waals surface area (Å²) >= 11 is 0. The molecule has 0 radical (unpaired) electrons. The quantitative estimate of drug-likeness (QED) is 0.671. The summed E-state index contributed by atoms with van der Waals surface area (Å²) in [5.74, 6) is -0.277. The summed E-state index contributed by atoms with van der Waals surface area (Å²) in [6.07, 6.45) is 2.14. The molecule has 0 saturated carbocycles. The van der Waals surface area contributed by atoms with Crippen LogP contribution in [0.15, 0.2) is 42.6 Å². The van der Waals surface area contributed by atoms with Crippen molar-refractivity contribution in [3.05, 3.63) is 48.2 Å². The predicted octanol–water partition coefficient (Wildman–Crippen LogP) is 2.59. The van der Waals surface area contributed by atoms with Crippen LogP contribution >= 0.6 is 0 Å². The van der Waals surface area contributed by atoms with Crippen LogP contribution in [0.5, 0.6) is 0 Å². The molecule has 0 spiro atoms. The highest BCUT2D eigenvalue weighted by Gasteiger charge is 2.18. The lowest BCUT2D eigenvalue weighted by Crippen LogP contribution is -2.18. The zero-order valence-corrected chi connectivity index (χ0v) is 13.7. The molecule has 2 aromatic carbocycles. The van der Waals surface area contributed by atoms with Crippen LogP contribution in [0, 0.1) is 0 Å². The Hall–Kier alpha value is -3.35. The standard InChI is InChI=1S/C18H17N5O2/c1-23-7-6-17(24)21-15-9-11(2-5-16(15)23)18(25)20-13-3-4-14-12(8-13)10-19-22-14/h2-5,8-10H,6-7H2,1H3,(H,19,22)(H,20,25)(H,21,24). The fraction of sp³-hybridized carbons (Fsp3) is 0.167. The van der Waals surface area contributed by atoms with Crippen molar-refractivity contribution in [1.29, 1.82) is 0 Å². The lowest BCUT2D eigenvalue weighted by molar-refractivity contribution is -0.115. The molecule has 1 aromatic heterocycles. The largest absolute Gasteiger partial charge is 0.372 e. The normalized spacial score (nSPS) is 14.0. The van der Waals surface area contributed by atoms with Crippen LogP contribution in [0.2, 0.25) is 0 Å². The molecule has 2 amide bonds. The summed E-state index contributed by atoms with van der Waals surface area (Å²) in [7, 11) is 1.93. The van der Waals surface area contributed by atoms with Gasteiger partial charge in [-0.3, -0.25) is 14.7 Å². The molecular formula is C18H17N5O2. The molecular weight excluding hydrogens is 318 g/mol. The molecule has 1 aliphatic rings. The molecule has 0 saturated heterocycles. The van der Waals surface area contributed by atoms with Gasteiger partial charge in [0.1, 0.15) is 0 Å². The molecule has 126 valence electrons. The second kappa shape index (κ2) is 5.94. The van der Waals surface area contributed by atoms with Gasteiger partial charge in [0.05, 0.1) is 23.1 Å². The summed E-state index contributed by atoms with van der Waals surface area (Å²) in [6, 6.07) is 10.9. The van der Waals surface area contributed by atoms with E-state index in [-0.39, 0.29) is 11.8 Å². The maximum atomic E-state index is 12.6. The maximum absolute atomic E-state index is 12.6. The highest BCUT2D eigenvalue weighted by atomic mass is 16.2. The number of carbonyl (C=O) groups excluding carboxylic acids is 2. The van der Waals surface area contributed by atoms with Crippen molar-refractivity contribution in [3.8, 4) is 0 Å². The number of anilines is 3. The van der Waals surface area contributed by atoms with Crippen LogP contribution in [0.4, 0.5) is 17.1 Å². The average molecular weight is 335 g/mol. The molecule has 2 heterocycles. The number of nitrogens with zero attached hydrogens (tertiary/aromatic N) is 2. The van der Waals surface area contributed by atoms with Crippen LogP contribution in [0.1, 0.15) is 16.8 Å². The average Bonchev–Trinajstić information content (AvgIpc) is 3.01. The van der Waals surface area contributed by atoms with Gasteiger partial charge in [0.2, 0.25) is 5.91 Å². The van der Waals surface area contributed by atoms with E-state index in [1.807, 2.05) is 36.2 Å². The molecule has 0 fully saturated rings. The summed E-state index contributed by atoms with van der Waals surface area (Å²) in [5, 5.41) is 13.5. The highest BCUT2D eigenvalue weighted by Crippen LogP contribution is 2.29. The fourth-order valence-electron chi connectivity index (χ4n) is 2.94. The molecule has 7 heteroatoms. The number of rotatable bonds is 2. The van der Waals surface area contributed by atoms with Crippen molar-refractivity contribution in [3.63, 3.8) is 0 Å². The van der Waals surface area contributed by atoms with Gasteiger partial charge in [0, 0.05) is 36.7 Å². The lowest BCUT2D eigenvalue weighted by Gasteiger charge is -2.18. The van der Waals surface area contributed by atoms with E-state index >= 15 is 0 Å². The van der Waals surface area contributed by atoms with Crippen LogP contribution in [0.3, 0.4) is 0 Å². The Bertz CT molecular complexity index is 979. The van der Waals surface area contributed by atoms with E-state index in [2.05, 4.69) is 20.8 Å². The van der Waals surface area contributed by atoms with Gasteiger partial charge in [-0.15, -0.1) is 0 Å². The van der Waals surface area contributed by atoms with Gasteiger partial charge in [-0.25, -0.2) is 0 Å². The smallest absolute Gasteiger partial charge is 0.255 e. The maximum Gasteiger partial charge on any atom is 0.255 e. The first kappa shape index (κ1) is 15.2. The van der Waals surface area contributed by atoms with Gasteiger partial charge in [-0.05, 0) is 36.4 Å². The third-order valence-corrected chi connectivity index (χ3v) is 4.32. The monoisotopic (exact) mass is 335 g/mol. The minimum absolute atomic E-state index is 0.0476. The Labute approximate surface area is 144 Å². The molecule has 3 N–H and O–H groups in total. The van der Waals surface area contributed by atoms with Crippen molar-refractivity contribution in [2.24, 2.45) is 0 Å². The first-order chi connectivity index (χ1) is 12.1. The van der Waals surface area contributed by atoms with Gasteiger partial charge >= 0.3 is 0 Å². The minimum Gasteiger partial charge on any atom is -0.372 e. The third kappa shape index (κ3) is 2.91. The number of fused-ring (bicyclic) bond motifs is 2. The van der Waals surface area contributed by atoms with Gasteiger partial charge < -0.3 is 15.5 Å². The van der Waals surface area contributed by atoms with Crippen molar-refractivity contribution < 1.29 is 9.59 Å². The summed E-state index contributed by atoms with van der Waals surface area (Å²) < 4.78 is 0. The lowest BCUT2D eigenvalue weighted by atomic mass is 10.1. The van der Waals surface area contributed by atoms with Gasteiger partial charge in [0.25, 0.3) is 5.91 Å². The van der Waals surface area contributed by atoms with Crippen molar-refractivity contribution >= 4 is 39.8 Å². The van der Waals surface area contributed by atoms with E-state index in [0.29, 0.717) is 29.9 Å². The van der Waals surface area contributed by atoms with Crippen molar-refractivity contribution in [2.45, 2.75) is 6.42 Å². The third-order valence-electron chi connectivity index (χ3n) is 4.32. The van der Waals surface area contributed by atoms with E-state index < -0.39 is 0 Å². The second-order valence-corrected chi connectivity index (χ2v) is 6.08. The van der Waals surface area contributed by atoms with Gasteiger partial charge in [-0.2, -0.15) is 5.10 Å². The topological polar surface area (TPSA) is 90.1 Å². The zero-order valence-electron chi connectivity index (χ0n) is 13.7. The van der Waals surface area contributed by atoms with Crippen molar-refractivity contribution in [2.75, 3.05) is 29.1 Å². The van der Waals surface area contributed by atoms with E-state index in [9.17, 15) is 9.59 Å². The molecule has 0 unspecified atom stereocenters. The number of benzene rings is 2. The molecule has 0 bridgehead atoms. The number of hydrogen-bond acceptors (Lipinski definition) is 4. The van der Waals surface area contributed by atoms with E-state index in [0.717, 1.165) is 16.6 Å². The predicted molar refractivity (Wildman–Crippen MR) is 97.0 cm³/mol. The Morgan fingerprint density at radius 2 is 2.12 bits per heavy atom. The van der Waals surface area contributed by atoms with Crippen LogP contribution in [-0.4, -0.2) is 35.6 Å². The molecule has 0 aliphatic carbocycles. The fourth-order valence-corrected chi connectivity index (χ4v) is 2.94. The number of amides is 2. The van der Waals surface area contributed by atoms with E-state index in [1.165, 1.54) is 0 Å². The minimum atomic E-state index is -0.230. The first-order valence-electron chi connectivity index (χ1n) is 8.00. The molecule has 3 aromatic rings. The van der Waals surface area contributed by atoms with Gasteiger partial charge in [0.15, 0.2) is 0 Å². The zero-order chi connectivity index (χ0) is 17.4. The Morgan fingerprint density at radius 3 is 3.00 bits per heavy atom. The second-order valence-electron chi connectivity index (χ2n) is 6.08. The van der Waals surface area contributed by atoms with E-state index in [1.54, 1.807) is 18.3 Å². The number of aromatic nitrogens is 2. The number of nitrogens with one attached hydrogen (secondary N) is 3.